The molecule has 6 nitrogen and oxygen atoms in total. The number of aromatic nitrogens is 1. The van der Waals surface area contributed by atoms with Crippen LogP contribution in [0.15, 0.2) is 24.4 Å². The average molecular weight is 311 g/mol. The Morgan fingerprint density at radius 3 is 2.48 bits per heavy atom. The average Bonchev–Trinajstić information content (AvgIpc) is 2.54. The predicted octanol–water partition coefficient (Wildman–Crippen LogP) is 0.679. The van der Waals surface area contributed by atoms with Gasteiger partial charge in [-0.15, -0.1) is 0 Å². The molecule has 0 aliphatic carbocycles. The summed E-state index contributed by atoms with van der Waals surface area (Å²) in [4.78, 5) is 18.4. The SMILES string of the molecule is CCS(=O)(=O)N1CCN(C(=O)C(C)c2ccccn2)CC1. The fourth-order valence-electron chi connectivity index (χ4n) is 2.40. The van der Waals surface area contributed by atoms with Crippen molar-refractivity contribution in [2.24, 2.45) is 0 Å². The van der Waals surface area contributed by atoms with Gasteiger partial charge in [-0.25, -0.2) is 8.42 Å². The van der Waals surface area contributed by atoms with Crippen molar-refractivity contribution in [1.29, 1.82) is 0 Å². The third-order valence-corrected chi connectivity index (χ3v) is 5.69. The van der Waals surface area contributed by atoms with Crippen molar-refractivity contribution in [3.63, 3.8) is 0 Å². The standard InChI is InChI=1S/C14H21N3O3S/c1-3-21(19,20)17-10-8-16(9-11-17)14(18)12(2)13-6-4-5-7-15-13/h4-7,12H,3,8-11H2,1-2H3. The summed E-state index contributed by atoms with van der Waals surface area (Å²) in [5, 5.41) is 0. The highest BCUT2D eigenvalue weighted by molar-refractivity contribution is 7.89. The van der Waals surface area contributed by atoms with E-state index in [0.717, 1.165) is 5.69 Å². The van der Waals surface area contributed by atoms with E-state index >= 15 is 0 Å². The Bertz CT molecular complexity index is 581. The smallest absolute Gasteiger partial charge is 0.231 e. The number of hydrogen-bond acceptors (Lipinski definition) is 4. The van der Waals surface area contributed by atoms with Gasteiger partial charge in [0.25, 0.3) is 0 Å². The van der Waals surface area contributed by atoms with Gasteiger partial charge in [-0.1, -0.05) is 6.07 Å². The molecular weight excluding hydrogens is 290 g/mol. The zero-order valence-corrected chi connectivity index (χ0v) is 13.2. The van der Waals surface area contributed by atoms with Crippen molar-refractivity contribution in [3.8, 4) is 0 Å². The normalized spacial score (nSPS) is 18.5. The minimum Gasteiger partial charge on any atom is -0.339 e. The lowest BCUT2D eigenvalue weighted by Gasteiger charge is -2.35. The summed E-state index contributed by atoms with van der Waals surface area (Å²) in [6, 6.07) is 5.51. The van der Waals surface area contributed by atoms with Gasteiger partial charge in [0, 0.05) is 32.4 Å². The molecule has 0 N–H and O–H groups in total. The molecule has 116 valence electrons. The van der Waals surface area contributed by atoms with Crippen LogP contribution >= 0.6 is 0 Å². The molecule has 1 aliphatic rings. The second-order valence-electron chi connectivity index (χ2n) is 5.10. The van der Waals surface area contributed by atoms with Crippen LogP contribution in [0.5, 0.6) is 0 Å². The molecule has 0 spiro atoms. The summed E-state index contributed by atoms with van der Waals surface area (Å²) in [7, 11) is -3.16. The highest BCUT2D eigenvalue weighted by Gasteiger charge is 2.30. The van der Waals surface area contributed by atoms with Gasteiger partial charge in [0.15, 0.2) is 0 Å². The van der Waals surface area contributed by atoms with E-state index in [0.29, 0.717) is 26.2 Å². The lowest BCUT2D eigenvalue weighted by molar-refractivity contribution is -0.133. The minimum atomic E-state index is -3.16. The van der Waals surface area contributed by atoms with Gasteiger partial charge in [-0.05, 0) is 26.0 Å². The monoisotopic (exact) mass is 311 g/mol. The second-order valence-corrected chi connectivity index (χ2v) is 7.36. The van der Waals surface area contributed by atoms with Crippen molar-refractivity contribution in [2.45, 2.75) is 19.8 Å². The Kier molecular flexibility index (Phi) is 4.95. The fraction of sp³-hybridized carbons (Fsp3) is 0.571. The third kappa shape index (κ3) is 3.59. The highest BCUT2D eigenvalue weighted by Crippen LogP contribution is 2.17. The van der Waals surface area contributed by atoms with Crippen LogP contribution in [0, 0.1) is 0 Å². The van der Waals surface area contributed by atoms with Crippen molar-refractivity contribution in [1.82, 2.24) is 14.2 Å². The second kappa shape index (κ2) is 6.53. The number of carbonyl (C=O) groups is 1. The molecule has 0 bridgehead atoms. The molecule has 2 rings (SSSR count). The van der Waals surface area contributed by atoms with Gasteiger partial charge in [-0.2, -0.15) is 4.31 Å². The van der Waals surface area contributed by atoms with Gasteiger partial charge in [0.1, 0.15) is 0 Å². The molecule has 1 unspecified atom stereocenters. The Labute approximate surface area is 125 Å². The Balaban J connectivity index is 1.98. The summed E-state index contributed by atoms with van der Waals surface area (Å²) >= 11 is 0. The molecule has 1 atom stereocenters. The van der Waals surface area contributed by atoms with E-state index in [2.05, 4.69) is 4.98 Å². The third-order valence-electron chi connectivity index (χ3n) is 3.81. The predicted molar refractivity (Wildman–Crippen MR) is 80.3 cm³/mol. The largest absolute Gasteiger partial charge is 0.339 e. The first kappa shape index (κ1) is 15.9. The topological polar surface area (TPSA) is 70.6 Å². The summed E-state index contributed by atoms with van der Waals surface area (Å²) in [5.41, 5.74) is 0.742. The molecule has 1 saturated heterocycles. The van der Waals surface area contributed by atoms with E-state index in [9.17, 15) is 13.2 Å². The number of amides is 1. The van der Waals surface area contributed by atoms with E-state index in [-0.39, 0.29) is 17.6 Å². The van der Waals surface area contributed by atoms with Gasteiger partial charge in [-0.3, -0.25) is 9.78 Å². The van der Waals surface area contributed by atoms with E-state index in [4.69, 9.17) is 0 Å². The van der Waals surface area contributed by atoms with Crippen LogP contribution < -0.4 is 0 Å². The Hall–Kier alpha value is -1.47. The van der Waals surface area contributed by atoms with Crippen molar-refractivity contribution < 1.29 is 13.2 Å². The number of pyridine rings is 1. The van der Waals surface area contributed by atoms with Crippen LogP contribution in [0.3, 0.4) is 0 Å². The first-order valence-corrected chi connectivity index (χ1v) is 8.74. The summed E-state index contributed by atoms with van der Waals surface area (Å²) in [5.74, 6) is -0.201. The lowest BCUT2D eigenvalue weighted by Crippen LogP contribution is -2.51. The molecule has 21 heavy (non-hydrogen) atoms. The van der Waals surface area contributed by atoms with Crippen molar-refractivity contribution >= 4 is 15.9 Å². The van der Waals surface area contributed by atoms with Crippen LogP contribution in [0.2, 0.25) is 0 Å². The Morgan fingerprint density at radius 1 is 1.29 bits per heavy atom. The number of rotatable bonds is 4. The fourth-order valence-corrected chi connectivity index (χ4v) is 3.49. The van der Waals surface area contributed by atoms with Gasteiger partial charge in [0.05, 0.1) is 17.4 Å². The number of nitrogens with zero attached hydrogens (tertiary/aromatic N) is 3. The van der Waals surface area contributed by atoms with Gasteiger partial charge in [0.2, 0.25) is 15.9 Å². The maximum Gasteiger partial charge on any atom is 0.231 e. The molecular formula is C14H21N3O3S. The molecule has 0 aromatic carbocycles. The first-order valence-electron chi connectivity index (χ1n) is 7.13. The Morgan fingerprint density at radius 2 is 1.95 bits per heavy atom. The molecule has 1 aromatic rings. The lowest BCUT2D eigenvalue weighted by atomic mass is 10.1. The van der Waals surface area contributed by atoms with E-state index in [1.807, 2.05) is 25.1 Å². The number of sulfonamides is 1. The quantitative estimate of drug-likeness (QED) is 0.820. The van der Waals surface area contributed by atoms with Crippen LogP contribution in [-0.2, 0) is 14.8 Å². The number of piperazine rings is 1. The molecule has 0 radical (unpaired) electrons. The molecule has 1 aliphatic heterocycles. The zero-order valence-electron chi connectivity index (χ0n) is 12.4. The summed E-state index contributed by atoms with van der Waals surface area (Å²) < 4.78 is 25.1. The highest BCUT2D eigenvalue weighted by atomic mass is 32.2. The maximum absolute atomic E-state index is 12.4. The van der Waals surface area contributed by atoms with E-state index in [1.54, 1.807) is 18.0 Å². The molecule has 7 heteroatoms. The minimum absolute atomic E-state index is 0.00208. The van der Waals surface area contributed by atoms with E-state index in [1.165, 1.54) is 4.31 Å². The van der Waals surface area contributed by atoms with E-state index < -0.39 is 10.0 Å². The van der Waals surface area contributed by atoms with Crippen LogP contribution in [0.25, 0.3) is 0 Å². The van der Waals surface area contributed by atoms with Crippen LogP contribution in [0.1, 0.15) is 25.5 Å². The molecule has 1 aromatic heterocycles. The van der Waals surface area contributed by atoms with Gasteiger partial charge < -0.3 is 4.90 Å². The maximum atomic E-state index is 12.4. The number of carbonyl (C=O) groups excluding carboxylic acids is 1. The summed E-state index contributed by atoms with van der Waals surface area (Å²) in [6.07, 6.45) is 1.67. The molecule has 2 heterocycles. The van der Waals surface area contributed by atoms with Crippen LogP contribution in [0.4, 0.5) is 0 Å². The number of hydrogen-bond donors (Lipinski definition) is 0. The van der Waals surface area contributed by atoms with Gasteiger partial charge >= 0.3 is 0 Å². The van der Waals surface area contributed by atoms with Crippen molar-refractivity contribution in [2.75, 3.05) is 31.9 Å². The van der Waals surface area contributed by atoms with Crippen molar-refractivity contribution in [3.05, 3.63) is 30.1 Å². The van der Waals surface area contributed by atoms with Crippen LogP contribution in [-0.4, -0.2) is 60.4 Å². The first-order chi connectivity index (χ1) is 9.95. The molecule has 1 amide bonds. The zero-order chi connectivity index (χ0) is 15.5. The molecule has 0 saturated carbocycles. The molecule has 1 fully saturated rings. The summed E-state index contributed by atoms with van der Waals surface area (Å²) in [6.45, 7) is 5.09.